The van der Waals surface area contributed by atoms with Crippen LogP contribution in [0.2, 0.25) is 0 Å². The molecule has 0 unspecified atom stereocenters. The van der Waals surface area contributed by atoms with Crippen LogP contribution in [0.15, 0.2) is 54.6 Å². The molecular formula is C24H26FNO3. The first-order valence-corrected chi connectivity index (χ1v) is 9.83. The Balaban J connectivity index is 2.12. The van der Waals surface area contributed by atoms with Gasteiger partial charge in [0.1, 0.15) is 5.82 Å². The van der Waals surface area contributed by atoms with Crippen molar-refractivity contribution in [3.8, 4) is 11.1 Å². The van der Waals surface area contributed by atoms with Crippen LogP contribution < -0.4 is 0 Å². The van der Waals surface area contributed by atoms with E-state index in [0.29, 0.717) is 0 Å². The number of carbonyl (C=O) groups excluding carboxylic acids is 1. The van der Waals surface area contributed by atoms with E-state index in [9.17, 15) is 14.3 Å². The Morgan fingerprint density at radius 1 is 1.17 bits per heavy atom. The van der Waals surface area contributed by atoms with Gasteiger partial charge in [0.05, 0.1) is 19.1 Å². The molecule has 1 heterocycles. The Morgan fingerprint density at radius 3 is 2.52 bits per heavy atom. The average Bonchev–Trinajstić information content (AvgIpc) is 3.01. The Bertz CT molecular complexity index is 1020. The first-order chi connectivity index (χ1) is 13.9. The van der Waals surface area contributed by atoms with Crippen LogP contribution in [0.25, 0.3) is 28.1 Å². The van der Waals surface area contributed by atoms with Gasteiger partial charge >= 0.3 is 5.97 Å². The van der Waals surface area contributed by atoms with Crippen molar-refractivity contribution in [3.05, 3.63) is 66.1 Å². The lowest BCUT2D eigenvalue weighted by Crippen LogP contribution is -2.13. The van der Waals surface area contributed by atoms with Crippen molar-refractivity contribution in [2.45, 2.75) is 39.3 Å². The summed E-state index contributed by atoms with van der Waals surface area (Å²) in [5.41, 5.74) is 3.81. The second-order valence-electron chi connectivity index (χ2n) is 7.18. The van der Waals surface area contributed by atoms with Gasteiger partial charge in [0.2, 0.25) is 0 Å². The normalized spacial score (nSPS) is 12.8. The number of fused-ring (bicyclic) bond motifs is 1. The fourth-order valence-corrected chi connectivity index (χ4v) is 3.58. The lowest BCUT2D eigenvalue weighted by Gasteiger charge is -2.14. The second-order valence-corrected chi connectivity index (χ2v) is 7.18. The van der Waals surface area contributed by atoms with Gasteiger partial charge in [-0.3, -0.25) is 4.79 Å². The smallest absolute Gasteiger partial charge is 0.308 e. The second kappa shape index (κ2) is 9.05. The summed E-state index contributed by atoms with van der Waals surface area (Å²) in [4.78, 5) is 11.6. The molecule has 0 aliphatic rings. The minimum atomic E-state index is -0.950. The summed E-state index contributed by atoms with van der Waals surface area (Å²) in [6, 6.07) is 14.6. The molecule has 2 aromatic carbocycles. The summed E-state index contributed by atoms with van der Waals surface area (Å²) < 4.78 is 20.6. The summed E-state index contributed by atoms with van der Waals surface area (Å²) in [6.07, 6.45) is 2.39. The zero-order chi connectivity index (χ0) is 21.0. The van der Waals surface area contributed by atoms with Gasteiger partial charge in [0, 0.05) is 28.2 Å². The quantitative estimate of drug-likeness (QED) is 0.548. The third kappa shape index (κ3) is 4.57. The van der Waals surface area contributed by atoms with Crippen LogP contribution in [0, 0.1) is 5.82 Å². The molecule has 1 atom stereocenters. The van der Waals surface area contributed by atoms with E-state index in [1.54, 1.807) is 25.1 Å². The lowest BCUT2D eigenvalue weighted by atomic mass is 10.0. The van der Waals surface area contributed by atoms with Crippen molar-refractivity contribution < 1.29 is 19.0 Å². The molecular weight excluding hydrogens is 369 g/mol. The molecule has 1 N–H and O–H groups in total. The first kappa shape index (κ1) is 20.8. The largest absolute Gasteiger partial charge is 0.466 e. The van der Waals surface area contributed by atoms with Gasteiger partial charge in [-0.25, -0.2) is 4.39 Å². The standard InChI is InChI=1S/C24H26FNO3/c1-4-29-23(28)15-19(27)13-14-22-24(17-9-11-18(25)12-10-17)20-7-5-6-8-21(20)26(22)16(2)3/h5-14,16,19,27H,4,15H2,1-3H3/t19-/m1/s1. The third-order valence-corrected chi connectivity index (χ3v) is 4.76. The van der Waals surface area contributed by atoms with Crippen molar-refractivity contribution in [1.82, 2.24) is 4.57 Å². The zero-order valence-electron chi connectivity index (χ0n) is 16.9. The van der Waals surface area contributed by atoms with E-state index < -0.39 is 12.1 Å². The van der Waals surface area contributed by atoms with Gasteiger partial charge < -0.3 is 14.4 Å². The number of esters is 1. The summed E-state index contributed by atoms with van der Waals surface area (Å²) >= 11 is 0. The van der Waals surface area contributed by atoms with Crippen molar-refractivity contribution in [2.75, 3.05) is 6.61 Å². The molecule has 5 heteroatoms. The zero-order valence-corrected chi connectivity index (χ0v) is 16.9. The molecule has 3 rings (SSSR count). The van der Waals surface area contributed by atoms with E-state index in [1.165, 1.54) is 12.1 Å². The monoisotopic (exact) mass is 395 g/mol. The number of hydrogen-bond donors (Lipinski definition) is 1. The van der Waals surface area contributed by atoms with Crippen LogP contribution in [0.5, 0.6) is 0 Å². The van der Waals surface area contributed by atoms with Crippen LogP contribution in [-0.2, 0) is 9.53 Å². The van der Waals surface area contributed by atoms with Crippen molar-refractivity contribution in [3.63, 3.8) is 0 Å². The maximum absolute atomic E-state index is 13.5. The lowest BCUT2D eigenvalue weighted by molar-refractivity contribution is -0.144. The van der Waals surface area contributed by atoms with E-state index in [0.717, 1.165) is 27.7 Å². The Hall–Kier alpha value is -2.92. The van der Waals surface area contributed by atoms with Gasteiger partial charge in [-0.15, -0.1) is 0 Å². The summed E-state index contributed by atoms with van der Waals surface area (Å²) in [7, 11) is 0. The molecule has 0 saturated carbocycles. The van der Waals surface area contributed by atoms with Crippen LogP contribution in [-0.4, -0.2) is 28.4 Å². The number of hydrogen-bond acceptors (Lipinski definition) is 3. The molecule has 0 fully saturated rings. The third-order valence-electron chi connectivity index (χ3n) is 4.76. The summed E-state index contributed by atoms with van der Waals surface area (Å²) in [6.45, 7) is 6.20. The molecule has 4 nitrogen and oxygen atoms in total. The maximum atomic E-state index is 13.5. The van der Waals surface area contributed by atoms with E-state index in [1.807, 2.05) is 24.3 Å². The van der Waals surface area contributed by atoms with Crippen LogP contribution in [0.4, 0.5) is 4.39 Å². The highest BCUT2D eigenvalue weighted by Gasteiger charge is 2.19. The minimum absolute atomic E-state index is 0.0991. The Morgan fingerprint density at radius 2 is 1.86 bits per heavy atom. The molecule has 1 aromatic heterocycles. The van der Waals surface area contributed by atoms with E-state index in [-0.39, 0.29) is 24.9 Å². The highest BCUT2D eigenvalue weighted by Crippen LogP contribution is 2.37. The Labute approximate surface area is 170 Å². The van der Waals surface area contributed by atoms with E-state index in [2.05, 4.69) is 24.5 Å². The number of ether oxygens (including phenoxy) is 1. The SMILES string of the molecule is CCOC(=O)C[C@H](O)C=Cc1c(-c2ccc(F)cc2)c2ccccc2n1C(C)C. The number of nitrogens with zero attached hydrogens (tertiary/aromatic N) is 1. The predicted molar refractivity (Wildman–Crippen MR) is 114 cm³/mol. The number of benzene rings is 2. The molecule has 3 aromatic rings. The molecule has 0 aliphatic carbocycles. The van der Waals surface area contributed by atoms with Gasteiger partial charge in [-0.05, 0) is 50.6 Å². The molecule has 29 heavy (non-hydrogen) atoms. The Kier molecular flexibility index (Phi) is 6.49. The van der Waals surface area contributed by atoms with Gasteiger partial charge in [0.15, 0.2) is 0 Å². The van der Waals surface area contributed by atoms with Gasteiger partial charge in [0.25, 0.3) is 0 Å². The summed E-state index contributed by atoms with van der Waals surface area (Å²) in [5, 5.41) is 11.3. The first-order valence-electron chi connectivity index (χ1n) is 9.83. The van der Waals surface area contributed by atoms with E-state index >= 15 is 0 Å². The number of carbonyl (C=O) groups is 1. The van der Waals surface area contributed by atoms with Crippen LogP contribution in [0.1, 0.15) is 38.9 Å². The fraction of sp³-hybridized carbons (Fsp3) is 0.292. The highest BCUT2D eigenvalue weighted by atomic mass is 19.1. The molecule has 0 bridgehead atoms. The van der Waals surface area contributed by atoms with Crippen molar-refractivity contribution in [2.24, 2.45) is 0 Å². The molecule has 0 aliphatic heterocycles. The molecule has 0 saturated heterocycles. The van der Waals surface area contributed by atoms with Crippen LogP contribution in [0.3, 0.4) is 0 Å². The number of aliphatic hydroxyl groups excluding tert-OH is 1. The number of rotatable bonds is 7. The van der Waals surface area contributed by atoms with Crippen LogP contribution >= 0.6 is 0 Å². The number of aliphatic hydroxyl groups is 1. The number of halogens is 1. The van der Waals surface area contributed by atoms with E-state index in [4.69, 9.17) is 4.74 Å². The molecule has 152 valence electrons. The number of para-hydroxylation sites is 1. The van der Waals surface area contributed by atoms with Gasteiger partial charge in [-0.1, -0.05) is 36.4 Å². The molecule has 0 amide bonds. The molecule has 0 spiro atoms. The summed E-state index contributed by atoms with van der Waals surface area (Å²) in [5.74, 6) is -0.726. The maximum Gasteiger partial charge on any atom is 0.308 e. The number of aromatic nitrogens is 1. The molecule has 0 radical (unpaired) electrons. The van der Waals surface area contributed by atoms with Gasteiger partial charge in [-0.2, -0.15) is 0 Å². The highest BCUT2D eigenvalue weighted by molar-refractivity contribution is 6.01. The van der Waals surface area contributed by atoms with Crippen molar-refractivity contribution in [1.29, 1.82) is 0 Å². The minimum Gasteiger partial charge on any atom is -0.466 e. The topological polar surface area (TPSA) is 51.5 Å². The average molecular weight is 395 g/mol. The predicted octanol–water partition coefficient (Wildman–Crippen LogP) is 5.36. The fourth-order valence-electron chi connectivity index (χ4n) is 3.58. The van der Waals surface area contributed by atoms with Crippen molar-refractivity contribution >= 4 is 22.9 Å².